The normalized spacial score (nSPS) is 2.40. The van der Waals surface area contributed by atoms with E-state index in [1.54, 1.807) is 27.7 Å². The Balaban J connectivity index is -0.00000000500. The first-order chi connectivity index (χ1) is 4.00. The van der Waals surface area contributed by atoms with E-state index >= 15 is 0 Å². The van der Waals surface area contributed by atoms with E-state index in [0.717, 1.165) is 0 Å². The molecule has 0 unspecified atom stereocenters. The van der Waals surface area contributed by atoms with Crippen molar-refractivity contribution in [1.29, 1.82) is 0 Å². The quantitative estimate of drug-likeness (QED) is 0.468. The zero-order valence-corrected chi connectivity index (χ0v) is 16.3. The second-order valence-electron chi connectivity index (χ2n) is 0. The summed E-state index contributed by atoms with van der Waals surface area (Å²) in [4.78, 5) is 0. The van der Waals surface area contributed by atoms with Crippen LogP contribution in [0.25, 0.3) is 0 Å². The zero-order chi connectivity index (χ0) is 8.00. The first-order valence-electron chi connectivity index (χ1n) is 2.83. The van der Waals surface area contributed by atoms with Crippen molar-refractivity contribution in [3.05, 3.63) is 27.7 Å². The minimum atomic E-state index is 0. The van der Waals surface area contributed by atoms with E-state index in [4.69, 9.17) is 0 Å². The molecule has 0 aliphatic rings. The fourth-order valence-electron chi connectivity index (χ4n) is 0. The van der Waals surface area contributed by atoms with E-state index in [2.05, 4.69) is 27.7 Å². The zero-order valence-electron chi connectivity index (χ0n) is 8.24. The average molecular weight is 341 g/mol. The maximum atomic E-state index is 3.25. The molecular weight excluding hydrogens is 321 g/mol. The largest absolute Gasteiger partial charge is 0.346 e. The van der Waals surface area contributed by atoms with Crippen LogP contribution in [0.1, 0.15) is 27.7 Å². The molecule has 0 aromatic rings. The van der Waals surface area contributed by atoms with Gasteiger partial charge in [-0.2, -0.15) is 27.7 Å². The van der Waals surface area contributed by atoms with Gasteiger partial charge in [-0.25, -0.2) is 0 Å². The van der Waals surface area contributed by atoms with E-state index in [1.807, 2.05) is 0 Å². The van der Waals surface area contributed by atoms with Crippen LogP contribution < -0.4 is 0 Å². The molecule has 0 aromatic heterocycles. The van der Waals surface area contributed by atoms with Crippen molar-refractivity contribution in [2.75, 3.05) is 0 Å². The SMILES string of the molecule is [CH2-]C.[CH2-]C.[CH2-]C.[CH2-]C.[Cd].[Cd]. The van der Waals surface area contributed by atoms with Gasteiger partial charge in [-0.3, -0.25) is 0 Å². The summed E-state index contributed by atoms with van der Waals surface area (Å²) in [6.45, 7) is 20.0. The Hall–Kier alpha value is 1.84. The van der Waals surface area contributed by atoms with Crippen molar-refractivity contribution in [1.82, 2.24) is 0 Å². The van der Waals surface area contributed by atoms with Crippen molar-refractivity contribution < 1.29 is 54.6 Å². The van der Waals surface area contributed by atoms with Gasteiger partial charge in [0, 0.05) is 54.6 Å². The standard InChI is InChI=1S/4C2H5.2Cd/c4*1-2;;/h4*1H2,2H3;;/q4*-1;;. The monoisotopic (exact) mass is 344 g/mol. The Labute approximate surface area is 109 Å². The summed E-state index contributed by atoms with van der Waals surface area (Å²) < 4.78 is 0. The van der Waals surface area contributed by atoms with Crippen LogP contribution in [0.5, 0.6) is 0 Å². The van der Waals surface area contributed by atoms with Gasteiger partial charge in [0.2, 0.25) is 0 Å². The van der Waals surface area contributed by atoms with Crippen molar-refractivity contribution in [3.8, 4) is 0 Å². The van der Waals surface area contributed by atoms with Crippen LogP contribution in [0.2, 0.25) is 0 Å². The number of hydrogen-bond donors (Lipinski definition) is 0. The Morgan fingerprint density at radius 3 is 0.400 bits per heavy atom. The maximum Gasteiger partial charge on any atom is 0 e. The molecule has 0 fully saturated rings. The summed E-state index contributed by atoms with van der Waals surface area (Å²) in [5.74, 6) is 0. The predicted octanol–water partition coefficient (Wildman–Crippen LogP) is 3.36. The molecule has 0 aromatic carbocycles. The third-order valence-electron chi connectivity index (χ3n) is 0. The van der Waals surface area contributed by atoms with Crippen LogP contribution in [-0.4, -0.2) is 0 Å². The van der Waals surface area contributed by atoms with Gasteiger partial charge in [0.1, 0.15) is 0 Å². The maximum absolute atomic E-state index is 3.25. The Morgan fingerprint density at radius 2 is 0.400 bits per heavy atom. The molecule has 0 amide bonds. The first-order valence-corrected chi connectivity index (χ1v) is 2.83. The van der Waals surface area contributed by atoms with E-state index in [0.29, 0.717) is 0 Å². The fraction of sp³-hybridized carbons (Fsp3) is 0.500. The number of hydrogen-bond acceptors (Lipinski definition) is 0. The molecule has 0 bridgehead atoms. The molecule has 0 spiro atoms. The van der Waals surface area contributed by atoms with Crippen LogP contribution in [-0.2, 0) is 54.6 Å². The summed E-state index contributed by atoms with van der Waals surface area (Å²) in [5.41, 5.74) is 0. The van der Waals surface area contributed by atoms with Gasteiger partial charge in [-0.1, -0.05) is 0 Å². The van der Waals surface area contributed by atoms with Gasteiger partial charge in [-0.05, 0) is 0 Å². The minimum absolute atomic E-state index is 0. The van der Waals surface area contributed by atoms with Gasteiger partial charge in [-0.15, -0.1) is 0 Å². The van der Waals surface area contributed by atoms with E-state index < -0.39 is 0 Å². The van der Waals surface area contributed by atoms with E-state index in [1.165, 1.54) is 0 Å². The van der Waals surface area contributed by atoms with Gasteiger partial charge >= 0.3 is 0 Å². The first kappa shape index (κ1) is 40.8. The molecular formula is C8H20Cd2-4. The van der Waals surface area contributed by atoms with Crippen molar-refractivity contribution in [2.45, 2.75) is 27.7 Å². The minimum Gasteiger partial charge on any atom is -0.346 e. The topological polar surface area (TPSA) is 0 Å². The third-order valence-corrected chi connectivity index (χ3v) is 0. The molecule has 0 rings (SSSR count). The Morgan fingerprint density at radius 1 is 0.400 bits per heavy atom. The van der Waals surface area contributed by atoms with Crippen molar-refractivity contribution >= 4 is 0 Å². The summed E-state index contributed by atoms with van der Waals surface area (Å²) in [5, 5.41) is 0. The van der Waals surface area contributed by atoms with Crippen LogP contribution >= 0.6 is 0 Å². The molecule has 0 radical (unpaired) electrons. The van der Waals surface area contributed by atoms with Crippen molar-refractivity contribution in [2.24, 2.45) is 0 Å². The van der Waals surface area contributed by atoms with Gasteiger partial charge in [0.25, 0.3) is 0 Å². The molecule has 0 aliphatic heterocycles. The second kappa shape index (κ2) is 309. The van der Waals surface area contributed by atoms with Crippen LogP contribution in [0, 0.1) is 27.7 Å². The molecule has 0 saturated heterocycles. The van der Waals surface area contributed by atoms with E-state index in [9.17, 15) is 0 Å². The number of rotatable bonds is 0. The summed E-state index contributed by atoms with van der Waals surface area (Å²) in [6.07, 6.45) is 0. The van der Waals surface area contributed by atoms with Crippen LogP contribution in [0.3, 0.4) is 0 Å². The smallest absolute Gasteiger partial charge is 0 e. The molecule has 10 heavy (non-hydrogen) atoms. The van der Waals surface area contributed by atoms with Crippen LogP contribution in [0.4, 0.5) is 0 Å². The molecule has 0 atom stereocenters. The summed E-state index contributed by atoms with van der Waals surface area (Å²) >= 11 is 0. The molecule has 0 heterocycles. The van der Waals surface area contributed by atoms with Gasteiger partial charge in [0.15, 0.2) is 0 Å². The molecule has 0 nitrogen and oxygen atoms in total. The predicted molar refractivity (Wildman–Crippen MR) is 44.1 cm³/mol. The second-order valence-corrected chi connectivity index (χ2v) is 0. The third kappa shape index (κ3) is 226. The fourth-order valence-corrected chi connectivity index (χ4v) is 0. The van der Waals surface area contributed by atoms with Gasteiger partial charge < -0.3 is 27.7 Å². The van der Waals surface area contributed by atoms with Crippen molar-refractivity contribution in [3.63, 3.8) is 0 Å². The van der Waals surface area contributed by atoms with Gasteiger partial charge in [0.05, 0.1) is 0 Å². The summed E-state index contributed by atoms with van der Waals surface area (Å²) in [6, 6.07) is 0. The Kier molecular flexibility index (Phi) is 1260. The molecule has 0 saturated carbocycles. The van der Waals surface area contributed by atoms with E-state index in [-0.39, 0.29) is 54.6 Å². The molecule has 2 heteroatoms. The van der Waals surface area contributed by atoms with Crippen LogP contribution in [0.15, 0.2) is 0 Å². The molecule has 60 valence electrons. The molecule has 0 N–H and O–H groups in total. The summed E-state index contributed by atoms with van der Waals surface area (Å²) in [7, 11) is 0. The Bertz CT molecular complexity index is 7.22. The molecule has 0 aliphatic carbocycles. The average Bonchev–Trinajstić information content (AvgIpc) is 2.03.